The van der Waals surface area contributed by atoms with Crippen LogP contribution in [0.1, 0.15) is 47.3 Å². The number of methoxy groups -OCH3 is 1. The molecule has 1 amide bonds. The van der Waals surface area contributed by atoms with Gasteiger partial charge in [-0.3, -0.25) is 9.59 Å². The summed E-state index contributed by atoms with van der Waals surface area (Å²) in [6.07, 6.45) is 0.833. The third kappa shape index (κ3) is 5.67. The first kappa shape index (κ1) is 20.2. The Balaban J connectivity index is 1.94. The summed E-state index contributed by atoms with van der Waals surface area (Å²) in [5.41, 5.74) is 2.11. The zero-order chi connectivity index (χ0) is 19.8. The van der Waals surface area contributed by atoms with Crippen molar-refractivity contribution in [3.05, 3.63) is 65.2 Å². The Kier molecular flexibility index (Phi) is 7.11. The highest BCUT2D eigenvalue weighted by Gasteiger charge is 2.22. The van der Waals surface area contributed by atoms with E-state index in [9.17, 15) is 19.5 Å². The lowest BCUT2D eigenvalue weighted by Gasteiger charge is -2.15. The number of carboxylic acid groups (broad SMARTS) is 1. The fourth-order valence-corrected chi connectivity index (χ4v) is 2.61. The first-order valence-corrected chi connectivity index (χ1v) is 8.72. The maximum absolute atomic E-state index is 12.2. The average molecular weight is 369 g/mol. The number of rotatable bonds is 9. The van der Waals surface area contributed by atoms with Crippen molar-refractivity contribution in [3.8, 4) is 5.75 Å². The van der Waals surface area contributed by atoms with Gasteiger partial charge in [0.05, 0.1) is 7.11 Å². The van der Waals surface area contributed by atoms with Gasteiger partial charge in [0.15, 0.2) is 11.8 Å². The number of amides is 1. The average Bonchev–Trinajstić information content (AvgIpc) is 2.70. The molecule has 0 spiro atoms. The first-order chi connectivity index (χ1) is 12.9. The van der Waals surface area contributed by atoms with Gasteiger partial charge >= 0.3 is 5.97 Å². The molecular weight excluding hydrogens is 346 g/mol. The van der Waals surface area contributed by atoms with Gasteiger partial charge < -0.3 is 15.2 Å². The van der Waals surface area contributed by atoms with E-state index in [4.69, 9.17) is 4.74 Å². The molecule has 0 radical (unpaired) electrons. The molecule has 0 aromatic heterocycles. The van der Waals surface area contributed by atoms with Crippen LogP contribution >= 0.6 is 0 Å². The number of carboxylic acids is 1. The minimum absolute atomic E-state index is 0.0201. The second-order valence-corrected chi connectivity index (χ2v) is 6.09. The summed E-state index contributed by atoms with van der Waals surface area (Å²) in [7, 11) is 1.51. The summed E-state index contributed by atoms with van der Waals surface area (Å²) in [6, 6.07) is 12.5. The zero-order valence-electron chi connectivity index (χ0n) is 15.4. The highest BCUT2D eigenvalue weighted by Crippen LogP contribution is 2.18. The Hall–Kier alpha value is -3.15. The molecule has 0 bridgehead atoms. The Labute approximate surface area is 158 Å². The topological polar surface area (TPSA) is 92.7 Å². The van der Waals surface area contributed by atoms with Crippen LogP contribution in [0.25, 0.3) is 0 Å². The molecule has 1 unspecified atom stereocenters. The van der Waals surface area contributed by atoms with E-state index in [-0.39, 0.29) is 18.6 Å². The predicted octanol–water partition coefficient (Wildman–Crippen LogP) is 3.16. The molecule has 0 saturated heterocycles. The molecule has 2 aromatic carbocycles. The summed E-state index contributed by atoms with van der Waals surface area (Å²) in [6.45, 7) is 2.03. The summed E-state index contributed by atoms with van der Waals surface area (Å²) in [5, 5.41) is 11.9. The first-order valence-electron chi connectivity index (χ1n) is 8.72. The van der Waals surface area contributed by atoms with Crippen LogP contribution in [0.15, 0.2) is 48.5 Å². The molecule has 2 rings (SSSR count). The van der Waals surface area contributed by atoms with Crippen LogP contribution in [-0.4, -0.2) is 29.9 Å². The van der Waals surface area contributed by atoms with Gasteiger partial charge in [-0.15, -0.1) is 0 Å². The molecule has 0 heterocycles. The van der Waals surface area contributed by atoms with E-state index < -0.39 is 17.9 Å². The van der Waals surface area contributed by atoms with Crippen molar-refractivity contribution >= 4 is 17.7 Å². The molecule has 6 nitrogen and oxygen atoms in total. The number of hydrogen-bond donors (Lipinski definition) is 2. The highest BCUT2D eigenvalue weighted by molar-refractivity contribution is 5.98. The van der Waals surface area contributed by atoms with Crippen molar-refractivity contribution in [2.24, 2.45) is 0 Å². The van der Waals surface area contributed by atoms with Gasteiger partial charge in [0, 0.05) is 18.4 Å². The normalized spacial score (nSPS) is 11.5. The third-order valence-electron chi connectivity index (χ3n) is 4.26. The molecular formula is C21H23NO5. The summed E-state index contributed by atoms with van der Waals surface area (Å²) in [5.74, 6) is -1.22. The minimum atomic E-state index is -1.18. The van der Waals surface area contributed by atoms with Crippen LogP contribution in [0.4, 0.5) is 0 Å². The third-order valence-corrected chi connectivity index (χ3v) is 4.26. The lowest BCUT2D eigenvalue weighted by Crippen LogP contribution is -2.33. The van der Waals surface area contributed by atoms with E-state index in [1.807, 2.05) is 19.1 Å². The number of carbonyl (C=O) groups excluding carboxylic acids is 2. The molecule has 2 N–H and O–H groups in total. The molecule has 0 fully saturated rings. The standard InChI is InChI=1S/C21H23NO5/c1-3-14-4-6-15(7-5-14)18(23)12-13-19(24)22-20(21(25)26)16-8-10-17(27-2)11-9-16/h4-11,20H,3,12-13H2,1-2H3,(H,22,24)(H,25,26). The number of aryl methyl sites for hydroxylation is 1. The predicted molar refractivity (Wildman–Crippen MR) is 101 cm³/mol. The minimum Gasteiger partial charge on any atom is -0.497 e. The van der Waals surface area contributed by atoms with Crippen LogP contribution in [0.3, 0.4) is 0 Å². The van der Waals surface area contributed by atoms with Gasteiger partial charge in [-0.2, -0.15) is 0 Å². The van der Waals surface area contributed by atoms with E-state index in [1.54, 1.807) is 36.4 Å². The highest BCUT2D eigenvalue weighted by atomic mass is 16.5. The lowest BCUT2D eigenvalue weighted by atomic mass is 10.0. The maximum Gasteiger partial charge on any atom is 0.330 e. The maximum atomic E-state index is 12.2. The number of ether oxygens (including phenoxy) is 1. The number of nitrogens with one attached hydrogen (secondary N) is 1. The van der Waals surface area contributed by atoms with Crippen molar-refractivity contribution in [1.82, 2.24) is 5.32 Å². The number of Topliss-reactive ketones (excluding diaryl/α,β-unsaturated/α-hetero) is 1. The number of ketones is 1. The van der Waals surface area contributed by atoms with E-state index in [1.165, 1.54) is 7.11 Å². The molecule has 0 aliphatic carbocycles. The smallest absolute Gasteiger partial charge is 0.330 e. The van der Waals surface area contributed by atoms with Gasteiger partial charge in [0.25, 0.3) is 0 Å². The van der Waals surface area contributed by atoms with Gasteiger partial charge in [-0.25, -0.2) is 4.79 Å². The van der Waals surface area contributed by atoms with Crippen LogP contribution in [-0.2, 0) is 16.0 Å². The number of hydrogen-bond acceptors (Lipinski definition) is 4. The SMILES string of the molecule is CCc1ccc(C(=O)CCC(=O)NC(C(=O)O)c2ccc(OC)cc2)cc1. The van der Waals surface area contributed by atoms with Gasteiger partial charge in [-0.1, -0.05) is 43.3 Å². The number of aliphatic carboxylic acids is 1. The van der Waals surface area contributed by atoms with E-state index in [0.717, 1.165) is 12.0 Å². The Morgan fingerprint density at radius 2 is 1.63 bits per heavy atom. The van der Waals surface area contributed by atoms with Crippen LogP contribution < -0.4 is 10.1 Å². The molecule has 0 saturated carbocycles. The largest absolute Gasteiger partial charge is 0.497 e. The second kappa shape index (κ2) is 9.52. The van der Waals surface area contributed by atoms with Gasteiger partial charge in [-0.05, 0) is 29.7 Å². The van der Waals surface area contributed by atoms with E-state index in [2.05, 4.69) is 5.32 Å². The monoisotopic (exact) mass is 369 g/mol. The Bertz CT molecular complexity index is 796. The summed E-state index contributed by atoms with van der Waals surface area (Å²) >= 11 is 0. The quantitative estimate of drug-likeness (QED) is 0.662. The van der Waals surface area contributed by atoms with Crippen molar-refractivity contribution in [2.75, 3.05) is 7.11 Å². The van der Waals surface area contributed by atoms with Crippen molar-refractivity contribution in [3.63, 3.8) is 0 Å². The molecule has 6 heteroatoms. The summed E-state index contributed by atoms with van der Waals surface area (Å²) < 4.78 is 5.04. The van der Waals surface area contributed by atoms with Gasteiger partial charge in [0.1, 0.15) is 5.75 Å². The van der Waals surface area contributed by atoms with Crippen LogP contribution in [0.2, 0.25) is 0 Å². The molecule has 0 aliphatic heterocycles. The van der Waals surface area contributed by atoms with Crippen molar-refractivity contribution in [2.45, 2.75) is 32.2 Å². The fraction of sp³-hybridized carbons (Fsp3) is 0.286. The number of benzene rings is 2. The Morgan fingerprint density at radius 1 is 1.00 bits per heavy atom. The molecule has 142 valence electrons. The molecule has 2 aromatic rings. The van der Waals surface area contributed by atoms with Crippen molar-refractivity contribution in [1.29, 1.82) is 0 Å². The molecule has 0 aliphatic rings. The van der Waals surface area contributed by atoms with Crippen LogP contribution in [0.5, 0.6) is 5.75 Å². The van der Waals surface area contributed by atoms with Crippen LogP contribution in [0, 0.1) is 0 Å². The van der Waals surface area contributed by atoms with Gasteiger partial charge in [0.2, 0.25) is 5.91 Å². The van der Waals surface area contributed by atoms with E-state index >= 15 is 0 Å². The zero-order valence-corrected chi connectivity index (χ0v) is 15.4. The van der Waals surface area contributed by atoms with Crippen molar-refractivity contribution < 1.29 is 24.2 Å². The molecule has 27 heavy (non-hydrogen) atoms. The lowest BCUT2D eigenvalue weighted by molar-refractivity contribution is -0.142. The second-order valence-electron chi connectivity index (χ2n) is 6.09. The molecule has 1 atom stereocenters. The summed E-state index contributed by atoms with van der Waals surface area (Å²) in [4.78, 5) is 35.8. The van der Waals surface area contributed by atoms with E-state index in [0.29, 0.717) is 16.9 Å². The number of carbonyl (C=O) groups is 3. The fourth-order valence-electron chi connectivity index (χ4n) is 2.61. The Morgan fingerprint density at radius 3 is 2.15 bits per heavy atom.